The topological polar surface area (TPSA) is 75.1 Å². The van der Waals surface area contributed by atoms with E-state index in [2.05, 4.69) is 17.6 Å². The Bertz CT molecular complexity index is 406. The number of guanidine groups is 1. The summed E-state index contributed by atoms with van der Waals surface area (Å²) in [5.74, 6) is 1.56. The minimum absolute atomic E-state index is 0. The molecule has 0 atom stereocenters. The van der Waals surface area contributed by atoms with E-state index in [4.69, 9.17) is 14.5 Å². The SMILES string of the molecule is CCNC(=NCC1(CCO)CCCCC1)NCCCOCC1CCOCC1.I. The van der Waals surface area contributed by atoms with Gasteiger partial charge in [0.1, 0.15) is 0 Å². The average molecular weight is 511 g/mol. The number of hydrogen-bond donors (Lipinski definition) is 3. The highest BCUT2D eigenvalue weighted by molar-refractivity contribution is 14.0. The molecule has 7 heteroatoms. The maximum absolute atomic E-state index is 9.47. The Morgan fingerprint density at radius 2 is 1.93 bits per heavy atom. The number of ether oxygens (including phenoxy) is 2. The van der Waals surface area contributed by atoms with E-state index in [1.54, 1.807) is 0 Å². The van der Waals surface area contributed by atoms with Gasteiger partial charge in [0.05, 0.1) is 0 Å². The van der Waals surface area contributed by atoms with Crippen molar-refractivity contribution in [2.24, 2.45) is 16.3 Å². The summed E-state index contributed by atoms with van der Waals surface area (Å²) in [5.41, 5.74) is 0.197. The van der Waals surface area contributed by atoms with Gasteiger partial charge in [-0.15, -0.1) is 24.0 Å². The van der Waals surface area contributed by atoms with Crippen LogP contribution in [0.15, 0.2) is 4.99 Å². The van der Waals surface area contributed by atoms with Gasteiger partial charge in [-0.25, -0.2) is 0 Å². The smallest absolute Gasteiger partial charge is 0.191 e. The lowest BCUT2D eigenvalue weighted by atomic mass is 9.72. The van der Waals surface area contributed by atoms with Crippen LogP contribution < -0.4 is 10.6 Å². The number of halogens is 1. The van der Waals surface area contributed by atoms with Gasteiger partial charge >= 0.3 is 0 Å². The van der Waals surface area contributed by atoms with Crippen molar-refractivity contribution in [2.75, 3.05) is 52.7 Å². The maximum Gasteiger partial charge on any atom is 0.191 e. The fourth-order valence-electron chi connectivity index (χ4n) is 4.16. The average Bonchev–Trinajstić information content (AvgIpc) is 2.70. The zero-order valence-electron chi connectivity index (χ0n) is 17.7. The lowest BCUT2D eigenvalue weighted by molar-refractivity contribution is 0.0203. The number of aliphatic hydroxyl groups excluding tert-OH is 1. The van der Waals surface area contributed by atoms with Crippen molar-refractivity contribution in [3.05, 3.63) is 0 Å². The molecule has 0 spiro atoms. The zero-order valence-corrected chi connectivity index (χ0v) is 20.0. The van der Waals surface area contributed by atoms with E-state index in [-0.39, 0.29) is 36.0 Å². The number of aliphatic hydroxyl groups is 1. The van der Waals surface area contributed by atoms with E-state index in [0.29, 0.717) is 5.92 Å². The molecule has 1 saturated heterocycles. The van der Waals surface area contributed by atoms with Crippen LogP contribution >= 0.6 is 24.0 Å². The van der Waals surface area contributed by atoms with Gasteiger partial charge in [0.15, 0.2) is 5.96 Å². The molecular formula is C21H42IN3O3. The molecule has 6 nitrogen and oxygen atoms in total. The fourth-order valence-corrected chi connectivity index (χ4v) is 4.16. The Hall–Kier alpha value is -0.120. The van der Waals surface area contributed by atoms with Crippen LogP contribution in [-0.2, 0) is 9.47 Å². The molecule has 1 saturated carbocycles. The van der Waals surface area contributed by atoms with Crippen LogP contribution in [0.1, 0.15) is 64.7 Å². The number of aliphatic imine (C=N–C) groups is 1. The molecule has 1 aliphatic carbocycles. The molecule has 0 amide bonds. The van der Waals surface area contributed by atoms with E-state index in [1.165, 1.54) is 32.1 Å². The van der Waals surface area contributed by atoms with Crippen molar-refractivity contribution in [3.63, 3.8) is 0 Å². The summed E-state index contributed by atoms with van der Waals surface area (Å²) in [6.45, 7) is 8.32. The second kappa shape index (κ2) is 15.7. The van der Waals surface area contributed by atoms with Crippen LogP contribution in [-0.4, -0.2) is 63.7 Å². The Morgan fingerprint density at radius 1 is 1.18 bits per heavy atom. The van der Waals surface area contributed by atoms with Gasteiger partial charge in [-0.05, 0) is 56.8 Å². The van der Waals surface area contributed by atoms with Gasteiger partial charge < -0.3 is 25.2 Å². The molecule has 0 radical (unpaired) electrons. The molecule has 1 aliphatic heterocycles. The first kappa shape index (κ1) is 25.9. The standard InChI is InChI=1S/C21H41N3O3.HI/c1-2-22-20(24-18-21(11-13-25)9-4-3-5-10-21)23-12-6-14-27-17-19-7-15-26-16-8-19;/h19,25H,2-18H2,1H3,(H2,22,23,24);1H. The summed E-state index contributed by atoms with van der Waals surface area (Å²) in [5, 5.41) is 16.2. The van der Waals surface area contributed by atoms with Crippen molar-refractivity contribution >= 4 is 29.9 Å². The van der Waals surface area contributed by atoms with E-state index in [0.717, 1.165) is 77.7 Å². The molecule has 0 aromatic rings. The predicted octanol–water partition coefficient (Wildman–Crippen LogP) is 3.33. The van der Waals surface area contributed by atoms with Gasteiger partial charge in [-0.2, -0.15) is 0 Å². The minimum Gasteiger partial charge on any atom is -0.396 e. The second-order valence-electron chi connectivity index (χ2n) is 8.14. The van der Waals surface area contributed by atoms with Crippen molar-refractivity contribution in [1.29, 1.82) is 0 Å². The van der Waals surface area contributed by atoms with Gasteiger partial charge in [0, 0.05) is 52.7 Å². The van der Waals surface area contributed by atoms with E-state index < -0.39 is 0 Å². The third kappa shape index (κ3) is 10.1. The predicted molar refractivity (Wildman–Crippen MR) is 126 cm³/mol. The first-order valence-corrected chi connectivity index (χ1v) is 11.1. The molecule has 0 aromatic carbocycles. The summed E-state index contributed by atoms with van der Waals surface area (Å²) >= 11 is 0. The fraction of sp³-hybridized carbons (Fsp3) is 0.952. The Kier molecular flexibility index (Phi) is 14.5. The van der Waals surface area contributed by atoms with Gasteiger partial charge in [-0.3, -0.25) is 4.99 Å². The summed E-state index contributed by atoms with van der Waals surface area (Å²) in [4.78, 5) is 4.85. The van der Waals surface area contributed by atoms with Gasteiger partial charge in [-0.1, -0.05) is 19.3 Å². The molecule has 2 rings (SSSR count). The normalized spacial score (nSPS) is 20.4. The molecule has 1 heterocycles. The van der Waals surface area contributed by atoms with E-state index in [9.17, 15) is 5.11 Å². The Balaban J connectivity index is 0.00000392. The highest BCUT2D eigenvalue weighted by Gasteiger charge is 2.31. The lowest BCUT2D eigenvalue weighted by Crippen LogP contribution is -2.39. The van der Waals surface area contributed by atoms with Gasteiger partial charge in [0.2, 0.25) is 0 Å². The molecular weight excluding hydrogens is 469 g/mol. The minimum atomic E-state index is 0. The summed E-state index contributed by atoms with van der Waals surface area (Å²) in [6.07, 6.45) is 10.4. The van der Waals surface area contributed by atoms with E-state index >= 15 is 0 Å². The molecule has 166 valence electrons. The highest BCUT2D eigenvalue weighted by atomic mass is 127. The van der Waals surface area contributed by atoms with Crippen LogP contribution in [0.5, 0.6) is 0 Å². The van der Waals surface area contributed by atoms with Crippen molar-refractivity contribution < 1.29 is 14.6 Å². The van der Waals surface area contributed by atoms with Crippen LogP contribution in [0.2, 0.25) is 0 Å². The third-order valence-electron chi connectivity index (χ3n) is 5.93. The monoisotopic (exact) mass is 511 g/mol. The van der Waals surface area contributed by atoms with Crippen molar-refractivity contribution in [1.82, 2.24) is 10.6 Å². The Morgan fingerprint density at radius 3 is 2.61 bits per heavy atom. The van der Waals surface area contributed by atoms with Crippen LogP contribution in [0, 0.1) is 11.3 Å². The Labute approximate surface area is 188 Å². The first-order chi connectivity index (χ1) is 13.3. The lowest BCUT2D eigenvalue weighted by Gasteiger charge is -2.35. The van der Waals surface area contributed by atoms with Gasteiger partial charge in [0.25, 0.3) is 0 Å². The molecule has 0 unspecified atom stereocenters. The van der Waals surface area contributed by atoms with Crippen LogP contribution in [0.3, 0.4) is 0 Å². The number of hydrogen-bond acceptors (Lipinski definition) is 4. The highest BCUT2D eigenvalue weighted by Crippen LogP contribution is 2.39. The van der Waals surface area contributed by atoms with Crippen LogP contribution in [0.4, 0.5) is 0 Å². The largest absolute Gasteiger partial charge is 0.396 e. The number of nitrogens with zero attached hydrogens (tertiary/aromatic N) is 1. The van der Waals surface area contributed by atoms with Crippen molar-refractivity contribution in [3.8, 4) is 0 Å². The van der Waals surface area contributed by atoms with Crippen LogP contribution in [0.25, 0.3) is 0 Å². The van der Waals surface area contributed by atoms with E-state index in [1.807, 2.05) is 0 Å². The third-order valence-corrected chi connectivity index (χ3v) is 5.93. The molecule has 0 aromatic heterocycles. The number of rotatable bonds is 11. The maximum atomic E-state index is 9.47. The molecule has 3 N–H and O–H groups in total. The molecule has 2 fully saturated rings. The number of nitrogens with one attached hydrogen (secondary N) is 2. The second-order valence-corrected chi connectivity index (χ2v) is 8.14. The summed E-state index contributed by atoms with van der Waals surface area (Å²) in [7, 11) is 0. The molecule has 2 aliphatic rings. The molecule has 0 bridgehead atoms. The summed E-state index contributed by atoms with van der Waals surface area (Å²) < 4.78 is 11.2. The van der Waals surface area contributed by atoms with Crippen molar-refractivity contribution in [2.45, 2.75) is 64.7 Å². The molecule has 28 heavy (non-hydrogen) atoms. The zero-order chi connectivity index (χ0) is 19.2. The first-order valence-electron chi connectivity index (χ1n) is 11.1. The summed E-state index contributed by atoms with van der Waals surface area (Å²) in [6, 6.07) is 0. The quantitative estimate of drug-likeness (QED) is 0.172.